The lowest BCUT2D eigenvalue weighted by Crippen LogP contribution is -2.08. The molecule has 0 aliphatic heterocycles. The molecule has 3 rings (SSSR count). The van der Waals surface area contributed by atoms with Crippen molar-refractivity contribution in [2.24, 2.45) is 0 Å². The Morgan fingerprint density at radius 1 is 1.04 bits per heavy atom. The quantitative estimate of drug-likeness (QED) is 0.621. The summed E-state index contributed by atoms with van der Waals surface area (Å²) in [5.74, 6) is -0.0196. The third kappa shape index (κ3) is 4.37. The zero-order valence-electron chi connectivity index (χ0n) is 13.9. The van der Waals surface area contributed by atoms with Gasteiger partial charge in [0.25, 0.3) is 0 Å². The van der Waals surface area contributed by atoms with Gasteiger partial charge in [-0.25, -0.2) is 14.2 Å². The van der Waals surface area contributed by atoms with Crippen LogP contribution in [0.1, 0.15) is 15.4 Å². The summed E-state index contributed by atoms with van der Waals surface area (Å²) in [5.41, 5.74) is 1.34. The highest BCUT2D eigenvalue weighted by molar-refractivity contribution is 7.17. The number of benzene rings is 2. The molecular weight excluding hydrogens is 357 g/mol. The number of ether oxygens (including phenoxy) is 2. The van der Waals surface area contributed by atoms with Crippen LogP contribution in [0.5, 0.6) is 11.5 Å². The molecule has 0 saturated carbocycles. The highest BCUT2D eigenvalue weighted by Crippen LogP contribution is 2.29. The monoisotopic (exact) mass is 373 g/mol. The Kier molecular flexibility index (Phi) is 5.48. The summed E-state index contributed by atoms with van der Waals surface area (Å²) in [4.78, 5) is 15.7. The topological polar surface area (TPSA) is 68.7 Å². The number of aromatic nitrogens is 1. The fraction of sp³-hybridized carbons (Fsp3) is 0.158. The van der Waals surface area contributed by atoms with E-state index in [2.05, 4.69) is 4.98 Å². The zero-order valence-corrected chi connectivity index (χ0v) is 14.8. The molecule has 134 valence electrons. The lowest BCUT2D eigenvalue weighted by Gasteiger charge is -2.08. The summed E-state index contributed by atoms with van der Waals surface area (Å²) in [6.45, 7) is 2.36. The van der Waals surface area contributed by atoms with Gasteiger partial charge < -0.3 is 14.6 Å². The van der Waals surface area contributed by atoms with Crippen molar-refractivity contribution in [2.75, 3.05) is 13.2 Å². The van der Waals surface area contributed by atoms with Gasteiger partial charge in [-0.3, -0.25) is 0 Å². The number of nitrogens with zero attached hydrogens (tertiary/aromatic N) is 1. The maximum absolute atomic E-state index is 12.8. The van der Waals surface area contributed by atoms with Gasteiger partial charge in [-0.1, -0.05) is 0 Å². The van der Waals surface area contributed by atoms with Crippen molar-refractivity contribution in [3.8, 4) is 22.1 Å². The number of carboxylic acids is 1. The molecule has 0 aliphatic rings. The van der Waals surface area contributed by atoms with Crippen molar-refractivity contribution in [1.29, 1.82) is 0 Å². The van der Waals surface area contributed by atoms with Crippen molar-refractivity contribution in [2.45, 2.75) is 6.92 Å². The SMILES string of the molecule is Cc1nc(-c2ccc(OCCOc3ccc(F)cc3)cc2)sc1C(=O)O. The standard InChI is InChI=1S/C19H16FNO4S/c1-12-17(19(22)23)26-18(21-12)13-2-6-15(7-3-13)24-10-11-25-16-8-4-14(20)5-9-16/h2-9H,10-11H2,1H3,(H,22,23). The summed E-state index contributed by atoms with van der Waals surface area (Å²) in [6.07, 6.45) is 0. The second-order valence-electron chi connectivity index (χ2n) is 5.41. The van der Waals surface area contributed by atoms with Gasteiger partial charge in [-0.15, -0.1) is 11.3 Å². The Morgan fingerprint density at radius 3 is 2.08 bits per heavy atom. The van der Waals surface area contributed by atoms with E-state index in [1.165, 1.54) is 12.1 Å². The molecule has 0 radical (unpaired) electrons. The minimum absolute atomic E-state index is 0.248. The molecule has 7 heteroatoms. The maximum Gasteiger partial charge on any atom is 0.347 e. The average molecular weight is 373 g/mol. The summed E-state index contributed by atoms with van der Waals surface area (Å²) >= 11 is 1.15. The number of halogens is 1. The van der Waals surface area contributed by atoms with Crippen LogP contribution in [0.4, 0.5) is 4.39 Å². The molecule has 2 aromatic carbocycles. The molecule has 1 aromatic heterocycles. The molecule has 0 amide bonds. The summed E-state index contributed by atoms with van der Waals surface area (Å²) in [6, 6.07) is 13.1. The van der Waals surface area contributed by atoms with E-state index < -0.39 is 5.97 Å². The lowest BCUT2D eigenvalue weighted by molar-refractivity contribution is 0.0701. The molecule has 0 fully saturated rings. The molecule has 0 spiro atoms. The van der Waals surface area contributed by atoms with Crippen LogP contribution in [0, 0.1) is 12.7 Å². The van der Waals surface area contributed by atoms with E-state index in [1.807, 2.05) is 12.1 Å². The van der Waals surface area contributed by atoms with Crippen molar-refractivity contribution >= 4 is 17.3 Å². The minimum atomic E-state index is -0.965. The predicted molar refractivity (Wildman–Crippen MR) is 96.6 cm³/mol. The molecule has 0 bridgehead atoms. The van der Waals surface area contributed by atoms with E-state index in [0.29, 0.717) is 35.4 Å². The second-order valence-corrected chi connectivity index (χ2v) is 6.41. The molecule has 1 N–H and O–H groups in total. The van der Waals surface area contributed by atoms with Gasteiger partial charge in [0, 0.05) is 5.56 Å². The highest BCUT2D eigenvalue weighted by Gasteiger charge is 2.14. The summed E-state index contributed by atoms with van der Waals surface area (Å²) < 4.78 is 23.9. The van der Waals surface area contributed by atoms with Crippen LogP contribution in [0.15, 0.2) is 48.5 Å². The van der Waals surface area contributed by atoms with Gasteiger partial charge in [-0.05, 0) is 55.5 Å². The molecule has 26 heavy (non-hydrogen) atoms. The first-order valence-electron chi connectivity index (χ1n) is 7.85. The zero-order chi connectivity index (χ0) is 18.5. The number of hydrogen-bond acceptors (Lipinski definition) is 5. The predicted octanol–water partition coefficient (Wildman–Crippen LogP) is 4.41. The highest BCUT2D eigenvalue weighted by atomic mass is 32.1. The Morgan fingerprint density at radius 2 is 1.58 bits per heavy atom. The van der Waals surface area contributed by atoms with Gasteiger partial charge >= 0.3 is 5.97 Å². The van der Waals surface area contributed by atoms with E-state index in [4.69, 9.17) is 14.6 Å². The van der Waals surface area contributed by atoms with E-state index in [9.17, 15) is 9.18 Å². The Hall–Kier alpha value is -2.93. The molecular formula is C19H16FNO4S. The van der Waals surface area contributed by atoms with Gasteiger partial charge in [0.1, 0.15) is 40.4 Å². The third-order valence-corrected chi connectivity index (χ3v) is 4.72. The molecule has 0 unspecified atom stereocenters. The van der Waals surface area contributed by atoms with E-state index in [-0.39, 0.29) is 10.7 Å². The van der Waals surface area contributed by atoms with Crippen LogP contribution in [-0.2, 0) is 0 Å². The van der Waals surface area contributed by atoms with E-state index in [0.717, 1.165) is 16.9 Å². The Bertz CT molecular complexity index is 891. The molecule has 3 aromatic rings. The minimum Gasteiger partial charge on any atom is -0.490 e. The molecule has 0 atom stereocenters. The number of rotatable bonds is 7. The largest absolute Gasteiger partial charge is 0.490 e. The summed E-state index contributed by atoms with van der Waals surface area (Å²) in [7, 11) is 0. The number of aromatic carboxylic acids is 1. The summed E-state index contributed by atoms with van der Waals surface area (Å²) in [5, 5.41) is 9.76. The van der Waals surface area contributed by atoms with Gasteiger partial charge in [-0.2, -0.15) is 0 Å². The van der Waals surface area contributed by atoms with E-state index in [1.54, 1.807) is 31.2 Å². The van der Waals surface area contributed by atoms with Crippen LogP contribution in [0.3, 0.4) is 0 Å². The Labute approximate surface area is 153 Å². The van der Waals surface area contributed by atoms with Crippen LogP contribution in [-0.4, -0.2) is 29.3 Å². The van der Waals surface area contributed by atoms with Crippen molar-refractivity contribution in [3.05, 3.63) is 64.9 Å². The number of aryl methyl sites for hydroxylation is 1. The van der Waals surface area contributed by atoms with Crippen LogP contribution in [0.25, 0.3) is 10.6 Å². The number of carbonyl (C=O) groups is 1. The van der Waals surface area contributed by atoms with E-state index >= 15 is 0 Å². The first-order valence-corrected chi connectivity index (χ1v) is 8.67. The number of thiazole rings is 1. The van der Waals surface area contributed by atoms with Gasteiger partial charge in [0.05, 0.1) is 5.69 Å². The normalized spacial score (nSPS) is 10.5. The average Bonchev–Trinajstić information content (AvgIpc) is 3.03. The maximum atomic E-state index is 12.8. The lowest BCUT2D eigenvalue weighted by atomic mass is 10.2. The molecule has 1 heterocycles. The van der Waals surface area contributed by atoms with Crippen LogP contribution in [0.2, 0.25) is 0 Å². The number of hydrogen-bond donors (Lipinski definition) is 1. The first kappa shape index (κ1) is 17.9. The fourth-order valence-electron chi connectivity index (χ4n) is 2.26. The second kappa shape index (κ2) is 7.97. The third-order valence-electron chi connectivity index (χ3n) is 3.53. The van der Waals surface area contributed by atoms with Crippen molar-refractivity contribution in [1.82, 2.24) is 4.98 Å². The molecule has 0 aliphatic carbocycles. The smallest absolute Gasteiger partial charge is 0.347 e. The van der Waals surface area contributed by atoms with Crippen LogP contribution >= 0.6 is 11.3 Å². The fourth-order valence-corrected chi connectivity index (χ4v) is 3.17. The molecule has 0 saturated heterocycles. The molecule has 5 nitrogen and oxygen atoms in total. The van der Waals surface area contributed by atoms with Gasteiger partial charge in [0.2, 0.25) is 0 Å². The first-order chi connectivity index (χ1) is 12.5. The van der Waals surface area contributed by atoms with Gasteiger partial charge in [0.15, 0.2) is 0 Å². The van der Waals surface area contributed by atoms with Crippen molar-refractivity contribution in [3.63, 3.8) is 0 Å². The van der Waals surface area contributed by atoms with Crippen molar-refractivity contribution < 1.29 is 23.8 Å². The number of carboxylic acid groups (broad SMARTS) is 1. The van der Waals surface area contributed by atoms with Crippen LogP contribution < -0.4 is 9.47 Å². The Balaban J connectivity index is 1.53.